The van der Waals surface area contributed by atoms with Crippen molar-refractivity contribution in [1.29, 1.82) is 0 Å². The van der Waals surface area contributed by atoms with E-state index >= 15 is 0 Å². The number of benzene rings is 1. The van der Waals surface area contributed by atoms with Gasteiger partial charge in [-0.2, -0.15) is 0 Å². The minimum absolute atomic E-state index is 0.0188. The number of halogens is 1. The highest BCUT2D eigenvalue weighted by molar-refractivity contribution is 5.85. The summed E-state index contributed by atoms with van der Waals surface area (Å²) in [5, 5.41) is 0. The van der Waals surface area contributed by atoms with E-state index in [1.54, 1.807) is 24.1 Å². The Kier molecular flexibility index (Phi) is 4.61. The summed E-state index contributed by atoms with van der Waals surface area (Å²) in [5.41, 5.74) is 0.800. The van der Waals surface area contributed by atoms with Crippen molar-refractivity contribution >= 4 is 11.8 Å². The number of piperidine rings is 1. The highest BCUT2D eigenvalue weighted by Crippen LogP contribution is 2.37. The number of rotatable bonds is 2. The number of carbonyl (C=O) groups excluding carboxylic acids is 2. The fourth-order valence-electron chi connectivity index (χ4n) is 3.43. The van der Waals surface area contributed by atoms with Gasteiger partial charge in [0.25, 0.3) is 0 Å². The number of morpholine rings is 1. The molecule has 0 aromatic heterocycles. The van der Waals surface area contributed by atoms with Crippen LogP contribution >= 0.6 is 0 Å². The van der Waals surface area contributed by atoms with Crippen LogP contribution in [0, 0.1) is 11.7 Å². The molecular weight excluding hydrogens is 299 g/mol. The van der Waals surface area contributed by atoms with Crippen molar-refractivity contribution in [2.24, 2.45) is 5.92 Å². The summed E-state index contributed by atoms with van der Waals surface area (Å²) in [7, 11) is 1.72. The lowest BCUT2D eigenvalue weighted by Crippen LogP contribution is -2.50. The van der Waals surface area contributed by atoms with Crippen LogP contribution < -0.4 is 0 Å². The molecule has 2 heterocycles. The molecule has 0 aliphatic carbocycles. The molecule has 2 fully saturated rings. The minimum Gasteiger partial charge on any atom is -0.378 e. The van der Waals surface area contributed by atoms with Crippen LogP contribution in [0.25, 0.3) is 0 Å². The molecule has 6 heteroatoms. The van der Waals surface area contributed by atoms with E-state index in [4.69, 9.17) is 4.74 Å². The van der Waals surface area contributed by atoms with Crippen LogP contribution in [-0.4, -0.2) is 55.0 Å². The Bertz CT molecular complexity index is 584. The van der Waals surface area contributed by atoms with Gasteiger partial charge in [0.1, 0.15) is 5.82 Å². The smallest absolute Gasteiger partial charge is 0.228 e. The Labute approximate surface area is 135 Å². The van der Waals surface area contributed by atoms with E-state index in [2.05, 4.69) is 0 Å². The number of amides is 2. The first-order chi connectivity index (χ1) is 11.1. The molecule has 0 saturated carbocycles. The molecule has 0 radical (unpaired) electrons. The third-order valence-corrected chi connectivity index (χ3v) is 4.71. The molecule has 1 aromatic carbocycles. The Hall–Kier alpha value is -1.95. The molecule has 5 nitrogen and oxygen atoms in total. The maximum Gasteiger partial charge on any atom is 0.228 e. The molecular formula is C17H21FN2O3. The second-order valence-corrected chi connectivity index (χ2v) is 6.08. The van der Waals surface area contributed by atoms with Gasteiger partial charge < -0.3 is 14.5 Å². The van der Waals surface area contributed by atoms with E-state index in [1.165, 1.54) is 12.1 Å². The average Bonchev–Trinajstić information content (AvgIpc) is 2.58. The SMILES string of the molecule is CN1C(=O)CC[C@@H](C(=O)N2CCOCC2)[C@@H]1c1ccc(F)cc1. The van der Waals surface area contributed by atoms with Gasteiger partial charge in [-0.3, -0.25) is 9.59 Å². The molecule has 0 spiro atoms. The van der Waals surface area contributed by atoms with E-state index in [0.717, 1.165) is 5.56 Å². The minimum atomic E-state index is -0.341. The normalized spacial score (nSPS) is 25.6. The molecule has 124 valence electrons. The van der Waals surface area contributed by atoms with Crippen molar-refractivity contribution in [3.05, 3.63) is 35.6 Å². The number of likely N-dealkylation sites (tertiary alicyclic amines) is 1. The third-order valence-electron chi connectivity index (χ3n) is 4.71. The zero-order valence-corrected chi connectivity index (χ0v) is 13.2. The third kappa shape index (κ3) is 3.22. The standard InChI is InChI=1S/C17H21FN2O3/c1-19-15(21)7-6-14(17(22)20-8-10-23-11-9-20)16(19)12-2-4-13(18)5-3-12/h2-5,14,16H,6-11H2,1H3/t14-,16+/m1/s1. The largest absolute Gasteiger partial charge is 0.378 e. The average molecular weight is 320 g/mol. The van der Waals surface area contributed by atoms with Crippen LogP contribution in [0.2, 0.25) is 0 Å². The Morgan fingerprint density at radius 2 is 1.87 bits per heavy atom. The predicted octanol–water partition coefficient (Wildman–Crippen LogP) is 1.59. The van der Waals surface area contributed by atoms with Gasteiger partial charge in [0.15, 0.2) is 0 Å². The van der Waals surface area contributed by atoms with E-state index in [0.29, 0.717) is 39.1 Å². The molecule has 0 bridgehead atoms. The van der Waals surface area contributed by atoms with Crippen LogP contribution in [0.5, 0.6) is 0 Å². The number of ether oxygens (including phenoxy) is 1. The summed E-state index contributed by atoms with van der Waals surface area (Å²) in [6.07, 6.45) is 0.899. The maximum atomic E-state index is 13.2. The van der Waals surface area contributed by atoms with Gasteiger partial charge in [-0.05, 0) is 24.1 Å². The topological polar surface area (TPSA) is 49.9 Å². The van der Waals surface area contributed by atoms with E-state index in [9.17, 15) is 14.0 Å². The lowest BCUT2D eigenvalue weighted by Gasteiger charge is -2.41. The Morgan fingerprint density at radius 1 is 1.22 bits per heavy atom. The summed E-state index contributed by atoms with van der Waals surface area (Å²) in [6.45, 7) is 2.27. The second kappa shape index (κ2) is 6.66. The van der Waals surface area contributed by atoms with Crippen molar-refractivity contribution in [2.45, 2.75) is 18.9 Å². The monoisotopic (exact) mass is 320 g/mol. The van der Waals surface area contributed by atoms with Crippen LogP contribution in [-0.2, 0) is 14.3 Å². The molecule has 1 aromatic rings. The van der Waals surface area contributed by atoms with Crippen molar-refractivity contribution < 1.29 is 18.7 Å². The number of nitrogens with zero attached hydrogens (tertiary/aromatic N) is 2. The zero-order valence-electron chi connectivity index (χ0n) is 13.2. The van der Waals surface area contributed by atoms with Crippen molar-refractivity contribution in [1.82, 2.24) is 9.80 Å². The maximum absolute atomic E-state index is 13.2. The van der Waals surface area contributed by atoms with Gasteiger partial charge in [0.2, 0.25) is 11.8 Å². The van der Waals surface area contributed by atoms with Gasteiger partial charge in [0, 0.05) is 26.6 Å². The first-order valence-corrected chi connectivity index (χ1v) is 7.95. The quantitative estimate of drug-likeness (QED) is 0.831. The molecule has 2 saturated heterocycles. The van der Waals surface area contributed by atoms with Gasteiger partial charge in [0.05, 0.1) is 25.2 Å². The fourth-order valence-corrected chi connectivity index (χ4v) is 3.43. The van der Waals surface area contributed by atoms with E-state index < -0.39 is 0 Å². The molecule has 23 heavy (non-hydrogen) atoms. The summed E-state index contributed by atoms with van der Waals surface area (Å²) in [4.78, 5) is 28.4. The zero-order chi connectivity index (χ0) is 16.4. The van der Waals surface area contributed by atoms with Gasteiger partial charge >= 0.3 is 0 Å². The van der Waals surface area contributed by atoms with E-state index in [1.807, 2.05) is 4.90 Å². The summed E-state index contributed by atoms with van der Waals surface area (Å²) < 4.78 is 18.5. The summed E-state index contributed by atoms with van der Waals surface area (Å²) >= 11 is 0. The van der Waals surface area contributed by atoms with Crippen molar-refractivity contribution in [3.63, 3.8) is 0 Å². The van der Waals surface area contributed by atoms with E-state index in [-0.39, 0.29) is 29.6 Å². The van der Waals surface area contributed by atoms with Gasteiger partial charge in [-0.25, -0.2) is 4.39 Å². The van der Waals surface area contributed by atoms with Gasteiger partial charge in [-0.1, -0.05) is 12.1 Å². The highest BCUT2D eigenvalue weighted by Gasteiger charge is 2.40. The van der Waals surface area contributed by atoms with Crippen LogP contribution in [0.15, 0.2) is 24.3 Å². The van der Waals surface area contributed by atoms with Crippen molar-refractivity contribution in [2.75, 3.05) is 33.4 Å². The lowest BCUT2D eigenvalue weighted by atomic mass is 9.83. The van der Waals surface area contributed by atoms with Crippen LogP contribution in [0.3, 0.4) is 0 Å². The summed E-state index contributed by atoms with van der Waals surface area (Å²) in [5.74, 6) is -0.539. The fraction of sp³-hybridized carbons (Fsp3) is 0.529. The Morgan fingerprint density at radius 3 is 2.52 bits per heavy atom. The molecule has 2 aliphatic rings. The van der Waals surface area contributed by atoms with Crippen LogP contribution in [0.4, 0.5) is 4.39 Å². The number of carbonyl (C=O) groups is 2. The number of hydrogen-bond donors (Lipinski definition) is 0. The second-order valence-electron chi connectivity index (χ2n) is 6.08. The molecule has 2 atom stereocenters. The molecule has 0 unspecified atom stereocenters. The van der Waals surface area contributed by atoms with Gasteiger partial charge in [-0.15, -0.1) is 0 Å². The molecule has 0 N–H and O–H groups in total. The lowest BCUT2D eigenvalue weighted by molar-refractivity contribution is -0.149. The summed E-state index contributed by atoms with van der Waals surface area (Å²) in [6, 6.07) is 5.73. The molecule has 2 aliphatic heterocycles. The Balaban J connectivity index is 1.87. The van der Waals surface area contributed by atoms with Crippen molar-refractivity contribution in [3.8, 4) is 0 Å². The first kappa shape index (κ1) is 15.9. The number of hydrogen-bond acceptors (Lipinski definition) is 3. The van der Waals surface area contributed by atoms with Crippen LogP contribution in [0.1, 0.15) is 24.4 Å². The molecule has 3 rings (SSSR count). The predicted molar refractivity (Wildman–Crippen MR) is 82.0 cm³/mol. The highest BCUT2D eigenvalue weighted by atomic mass is 19.1. The molecule has 2 amide bonds. The first-order valence-electron chi connectivity index (χ1n) is 7.95.